The second kappa shape index (κ2) is 6.80. The zero-order valence-electron chi connectivity index (χ0n) is 10.1. The summed E-state index contributed by atoms with van der Waals surface area (Å²) in [5.41, 5.74) is 0.893. The molecule has 0 N–H and O–H groups in total. The van der Waals surface area contributed by atoms with Crippen molar-refractivity contribution >= 4 is 46.8 Å². The average Bonchev–Trinajstić information content (AvgIpc) is 2.47. The van der Waals surface area contributed by atoms with Crippen molar-refractivity contribution in [2.45, 2.75) is 0 Å². The number of halogens is 3. The first-order valence-corrected chi connectivity index (χ1v) is 6.80. The molecule has 0 unspecified atom stereocenters. The van der Waals surface area contributed by atoms with Crippen molar-refractivity contribution in [2.75, 3.05) is 0 Å². The number of carbonyl (C=O) groups excluding carboxylic acids is 1. The van der Waals surface area contributed by atoms with Crippen LogP contribution in [0.2, 0.25) is 15.1 Å². The van der Waals surface area contributed by atoms with Gasteiger partial charge in [0, 0.05) is 6.08 Å². The second-order valence-corrected chi connectivity index (χ2v) is 5.00. The molecule has 20 heavy (non-hydrogen) atoms. The summed E-state index contributed by atoms with van der Waals surface area (Å²) >= 11 is 17.6. The van der Waals surface area contributed by atoms with Crippen molar-refractivity contribution in [3.05, 3.63) is 69.2 Å². The van der Waals surface area contributed by atoms with Gasteiger partial charge in [0.15, 0.2) is 5.75 Å². The van der Waals surface area contributed by atoms with Crippen LogP contribution < -0.4 is 4.74 Å². The van der Waals surface area contributed by atoms with E-state index in [4.69, 9.17) is 39.5 Å². The molecule has 2 nitrogen and oxygen atoms in total. The molecule has 0 aliphatic rings. The smallest absolute Gasteiger partial charge is 0.336 e. The van der Waals surface area contributed by atoms with Gasteiger partial charge in [0.2, 0.25) is 0 Å². The predicted octanol–water partition coefficient (Wildman–Crippen LogP) is 5.27. The largest absolute Gasteiger partial charge is 0.422 e. The Morgan fingerprint density at radius 2 is 1.65 bits per heavy atom. The summed E-state index contributed by atoms with van der Waals surface area (Å²) < 4.78 is 5.10. The highest BCUT2D eigenvalue weighted by molar-refractivity contribution is 6.48. The molecule has 0 spiro atoms. The molecule has 0 atom stereocenters. The summed E-state index contributed by atoms with van der Waals surface area (Å²) in [7, 11) is 0. The third-order valence-corrected chi connectivity index (χ3v) is 3.70. The standard InChI is InChI=1S/C15H9Cl3O2/c16-11-7-8-12(15(18)14(11)17)20-13(19)9-6-10-4-2-1-3-5-10/h1-9H/b9-6+. The first-order chi connectivity index (χ1) is 9.58. The Morgan fingerprint density at radius 1 is 0.950 bits per heavy atom. The lowest BCUT2D eigenvalue weighted by molar-refractivity contribution is -0.128. The third kappa shape index (κ3) is 3.76. The summed E-state index contributed by atoms with van der Waals surface area (Å²) in [6.45, 7) is 0. The molecule has 0 aliphatic heterocycles. The van der Waals surface area contributed by atoms with Gasteiger partial charge in [-0.1, -0.05) is 65.1 Å². The van der Waals surface area contributed by atoms with E-state index in [9.17, 15) is 4.79 Å². The summed E-state index contributed by atoms with van der Waals surface area (Å²) in [6.07, 6.45) is 2.96. The van der Waals surface area contributed by atoms with E-state index >= 15 is 0 Å². The molecule has 2 rings (SSSR count). The van der Waals surface area contributed by atoms with E-state index in [0.29, 0.717) is 5.02 Å². The molecule has 0 radical (unpaired) electrons. The zero-order valence-corrected chi connectivity index (χ0v) is 12.4. The van der Waals surface area contributed by atoms with E-state index in [0.717, 1.165) is 5.56 Å². The van der Waals surface area contributed by atoms with Crippen LogP contribution in [0.1, 0.15) is 5.56 Å². The Balaban J connectivity index is 2.09. The normalized spacial score (nSPS) is 10.8. The van der Waals surface area contributed by atoms with E-state index in [-0.39, 0.29) is 15.8 Å². The molecule has 2 aromatic rings. The quantitative estimate of drug-likeness (QED) is 0.332. The zero-order chi connectivity index (χ0) is 14.5. The lowest BCUT2D eigenvalue weighted by atomic mass is 10.2. The fraction of sp³-hybridized carbons (Fsp3) is 0. The molecule has 0 saturated heterocycles. The van der Waals surface area contributed by atoms with Gasteiger partial charge in [-0.05, 0) is 23.8 Å². The van der Waals surface area contributed by atoms with Crippen LogP contribution in [0.4, 0.5) is 0 Å². The number of carbonyl (C=O) groups is 1. The Labute approximate surface area is 131 Å². The molecular weight excluding hydrogens is 319 g/mol. The molecule has 0 amide bonds. The minimum absolute atomic E-state index is 0.112. The Hall–Kier alpha value is -1.48. The van der Waals surface area contributed by atoms with Crippen LogP contribution in [0, 0.1) is 0 Å². The highest BCUT2D eigenvalue weighted by Gasteiger charge is 2.11. The fourth-order valence-electron chi connectivity index (χ4n) is 1.46. The lowest BCUT2D eigenvalue weighted by Crippen LogP contribution is -2.04. The monoisotopic (exact) mass is 326 g/mol. The maximum absolute atomic E-state index is 11.7. The van der Waals surface area contributed by atoms with Gasteiger partial charge in [0.05, 0.1) is 10.0 Å². The van der Waals surface area contributed by atoms with Crippen LogP contribution in [0.25, 0.3) is 6.08 Å². The molecule has 0 saturated carbocycles. The van der Waals surface area contributed by atoms with E-state index in [1.807, 2.05) is 30.3 Å². The summed E-state index contributed by atoms with van der Waals surface area (Å²) in [5, 5.41) is 0.572. The predicted molar refractivity (Wildman–Crippen MR) is 82.6 cm³/mol. The van der Waals surface area contributed by atoms with Crippen LogP contribution in [-0.2, 0) is 4.79 Å². The van der Waals surface area contributed by atoms with Gasteiger partial charge in [-0.15, -0.1) is 0 Å². The molecule has 2 aromatic carbocycles. The Kier molecular flexibility index (Phi) is 5.07. The van der Waals surface area contributed by atoms with Gasteiger partial charge in [0.1, 0.15) is 5.02 Å². The van der Waals surface area contributed by atoms with Crippen molar-refractivity contribution in [3.8, 4) is 5.75 Å². The van der Waals surface area contributed by atoms with E-state index in [2.05, 4.69) is 0 Å². The molecule has 0 aromatic heterocycles. The number of benzene rings is 2. The van der Waals surface area contributed by atoms with Crippen LogP contribution in [0.5, 0.6) is 5.75 Å². The molecule has 0 bridgehead atoms. The van der Waals surface area contributed by atoms with Crippen molar-refractivity contribution in [1.29, 1.82) is 0 Å². The number of hydrogen-bond acceptors (Lipinski definition) is 2. The average molecular weight is 328 g/mol. The SMILES string of the molecule is O=C(/C=C/c1ccccc1)Oc1ccc(Cl)c(Cl)c1Cl. The van der Waals surface area contributed by atoms with Crippen LogP contribution >= 0.6 is 34.8 Å². The van der Waals surface area contributed by atoms with Gasteiger partial charge in [0.25, 0.3) is 0 Å². The fourth-order valence-corrected chi connectivity index (χ4v) is 2.02. The van der Waals surface area contributed by atoms with Gasteiger partial charge in [-0.3, -0.25) is 0 Å². The minimum atomic E-state index is -0.547. The third-order valence-electron chi connectivity index (χ3n) is 2.42. The van der Waals surface area contributed by atoms with Gasteiger partial charge in [-0.2, -0.15) is 0 Å². The van der Waals surface area contributed by atoms with Crippen molar-refractivity contribution in [2.24, 2.45) is 0 Å². The number of esters is 1. The van der Waals surface area contributed by atoms with E-state index in [1.54, 1.807) is 6.08 Å². The first kappa shape index (κ1) is 14.9. The van der Waals surface area contributed by atoms with Crippen molar-refractivity contribution < 1.29 is 9.53 Å². The Bertz CT molecular complexity index is 652. The molecule has 5 heteroatoms. The molecule has 0 aliphatic carbocycles. The van der Waals surface area contributed by atoms with Crippen molar-refractivity contribution in [3.63, 3.8) is 0 Å². The highest BCUT2D eigenvalue weighted by Crippen LogP contribution is 2.37. The highest BCUT2D eigenvalue weighted by atomic mass is 35.5. The molecular formula is C15H9Cl3O2. The first-order valence-electron chi connectivity index (χ1n) is 5.66. The molecule has 0 heterocycles. The van der Waals surface area contributed by atoms with Gasteiger partial charge in [-0.25, -0.2) is 4.79 Å². The second-order valence-electron chi connectivity index (χ2n) is 3.84. The summed E-state index contributed by atoms with van der Waals surface area (Å²) in [6, 6.07) is 12.4. The number of hydrogen-bond donors (Lipinski definition) is 0. The van der Waals surface area contributed by atoms with Crippen LogP contribution in [-0.4, -0.2) is 5.97 Å². The van der Waals surface area contributed by atoms with E-state index < -0.39 is 5.97 Å². The van der Waals surface area contributed by atoms with Gasteiger partial charge >= 0.3 is 5.97 Å². The van der Waals surface area contributed by atoms with Gasteiger partial charge < -0.3 is 4.74 Å². The minimum Gasteiger partial charge on any atom is -0.422 e. The van der Waals surface area contributed by atoms with Crippen molar-refractivity contribution in [1.82, 2.24) is 0 Å². The topological polar surface area (TPSA) is 26.3 Å². The molecule has 102 valence electrons. The maximum atomic E-state index is 11.7. The number of rotatable bonds is 3. The van der Waals surface area contributed by atoms with Crippen LogP contribution in [0.15, 0.2) is 48.5 Å². The Morgan fingerprint density at radius 3 is 2.35 bits per heavy atom. The summed E-state index contributed by atoms with van der Waals surface area (Å²) in [4.78, 5) is 11.7. The maximum Gasteiger partial charge on any atom is 0.336 e. The lowest BCUT2D eigenvalue weighted by Gasteiger charge is -2.06. The summed E-state index contributed by atoms with van der Waals surface area (Å²) in [5.74, 6) is -0.377. The van der Waals surface area contributed by atoms with Crippen LogP contribution in [0.3, 0.4) is 0 Å². The van der Waals surface area contributed by atoms with E-state index in [1.165, 1.54) is 18.2 Å². The molecule has 0 fully saturated rings. The number of ether oxygens (including phenoxy) is 1.